The van der Waals surface area contributed by atoms with E-state index >= 15 is 0 Å². The molecule has 0 amide bonds. The average molecular weight is 551 g/mol. The standard InChI is InChI=1S/C35H50O5/c1-3-4-5-6-7-8-9-10-11-12-13-14-15-16-17-18-25-38-33(36)27-39-30-22-20-29(21-23-30)34-31-26-28(2)19-24-32(31)40-35(34)37/h19-24,26,34H,3-18,25,27H2,1-2H3. The molecule has 0 radical (unpaired) electrons. The molecule has 0 fully saturated rings. The number of carbonyl (C=O) groups excluding carboxylic acids is 2. The maximum atomic E-state index is 12.4. The van der Waals surface area contributed by atoms with Crippen LogP contribution in [0.4, 0.5) is 0 Å². The van der Waals surface area contributed by atoms with Crippen LogP contribution in [-0.2, 0) is 14.3 Å². The van der Waals surface area contributed by atoms with Crippen molar-refractivity contribution in [3.63, 3.8) is 0 Å². The van der Waals surface area contributed by atoms with Crippen molar-refractivity contribution < 1.29 is 23.8 Å². The van der Waals surface area contributed by atoms with Crippen molar-refractivity contribution in [2.45, 2.75) is 122 Å². The third-order valence-electron chi connectivity index (χ3n) is 7.75. The van der Waals surface area contributed by atoms with Crippen LogP contribution < -0.4 is 9.47 Å². The van der Waals surface area contributed by atoms with Crippen LogP contribution in [-0.4, -0.2) is 25.2 Å². The van der Waals surface area contributed by atoms with E-state index in [-0.39, 0.29) is 18.5 Å². The summed E-state index contributed by atoms with van der Waals surface area (Å²) in [7, 11) is 0. The summed E-state index contributed by atoms with van der Waals surface area (Å²) in [5, 5.41) is 0. The normalized spacial score (nSPS) is 14.2. The molecule has 3 rings (SSSR count). The van der Waals surface area contributed by atoms with Crippen molar-refractivity contribution in [3.8, 4) is 11.5 Å². The molecule has 0 aliphatic carbocycles. The maximum absolute atomic E-state index is 12.4. The van der Waals surface area contributed by atoms with Gasteiger partial charge in [-0.1, -0.05) is 133 Å². The van der Waals surface area contributed by atoms with Crippen molar-refractivity contribution in [1.82, 2.24) is 0 Å². The van der Waals surface area contributed by atoms with Crippen molar-refractivity contribution in [1.29, 1.82) is 0 Å². The average Bonchev–Trinajstić information content (AvgIpc) is 3.28. The summed E-state index contributed by atoms with van der Waals surface area (Å²) in [4.78, 5) is 24.5. The molecule has 0 N–H and O–H groups in total. The molecule has 2 aromatic rings. The Morgan fingerprint density at radius 2 is 1.30 bits per heavy atom. The second-order valence-corrected chi connectivity index (χ2v) is 11.3. The van der Waals surface area contributed by atoms with E-state index in [1.807, 2.05) is 37.3 Å². The van der Waals surface area contributed by atoms with Crippen LogP contribution in [0.3, 0.4) is 0 Å². The quantitative estimate of drug-likeness (QED) is 0.0880. The third kappa shape index (κ3) is 11.3. The molecule has 1 aliphatic rings. The van der Waals surface area contributed by atoms with Gasteiger partial charge in [0.1, 0.15) is 17.4 Å². The number of unbranched alkanes of at least 4 members (excludes halogenated alkanes) is 15. The first-order valence-corrected chi connectivity index (χ1v) is 15.8. The molecule has 5 nitrogen and oxygen atoms in total. The third-order valence-corrected chi connectivity index (χ3v) is 7.75. The lowest BCUT2D eigenvalue weighted by Gasteiger charge is -2.10. The Morgan fingerprint density at radius 3 is 1.88 bits per heavy atom. The summed E-state index contributed by atoms with van der Waals surface area (Å²) in [5.74, 6) is 0.126. The molecular formula is C35H50O5. The first-order valence-electron chi connectivity index (χ1n) is 15.8. The van der Waals surface area contributed by atoms with Crippen molar-refractivity contribution in [2.24, 2.45) is 0 Å². The minimum absolute atomic E-state index is 0.119. The Kier molecular flexibility index (Phi) is 14.7. The van der Waals surface area contributed by atoms with Gasteiger partial charge in [-0.2, -0.15) is 0 Å². The second kappa shape index (κ2) is 18.5. The van der Waals surface area contributed by atoms with Crippen LogP contribution in [0.25, 0.3) is 0 Å². The van der Waals surface area contributed by atoms with Gasteiger partial charge >= 0.3 is 11.9 Å². The molecular weight excluding hydrogens is 500 g/mol. The van der Waals surface area contributed by atoms with Crippen molar-refractivity contribution in [3.05, 3.63) is 59.2 Å². The smallest absolute Gasteiger partial charge is 0.344 e. The molecule has 40 heavy (non-hydrogen) atoms. The maximum Gasteiger partial charge on any atom is 0.344 e. The van der Waals surface area contributed by atoms with Crippen LogP contribution in [0.2, 0.25) is 0 Å². The molecule has 1 atom stereocenters. The fourth-order valence-corrected chi connectivity index (χ4v) is 5.37. The highest BCUT2D eigenvalue weighted by Gasteiger charge is 2.34. The molecule has 0 spiro atoms. The van der Waals surface area contributed by atoms with Crippen LogP contribution in [0.15, 0.2) is 42.5 Å². The Bertz CT molecular complexity index is 1010. The Labute approximate surface area is 242 Å². The summed E-state index contributed by atoms with van der Waals surface area (Å²) in [6, 6.07) is 13.0. The SMILES string of the molecule is CCCCCCCCCCCCCCCCCCOC(=O)COc1ccc(C2C(=O)Oc3ccc(C)cc32)cc1. The molecule has 5 heteroatoms. The van der Waals surface area contributed by atoms with Crippen LogP contribution in [0.1, 0.15) is 132 Å². The molecule has 220 valence electrons. The van der Waals surface area contributed by atoms with Gasteiger partial charge in [-0.05, 0) is 37.1 Å². The Morgan fingerprint density at radius 1 is 0.750 bits per heavy atom. The van der Waals surface area contributed by atoms with Gasteiger partial charge in [-0.25, -0.2) is 4.79 Å². The van der Waals surface area contributed by atoms with Gasteiger partial charge in [-0.15, -0.1) is 0 Å². The molecule has 1 unspecified atom stereocenters. The highest BCUT2D eigenvalue weighted by molar-refractivity contribution is 5.89. The van der Waals surface area contributed by atoms with Crippen molar-refractivity contribution >= 4 is 11.9 Å². The highest BCUT2D eigenvalue weighted by atomic mass is 16.6. The summed E-state index contributed by atoms with van der Waals surface area (Å²) in [6.45, 7) is 4.60. The van der Waals surface area contributed by atoms with Gasteiger partial charge in [0.25, 0.3) is 0 Å². The largest absolute Gasteiger partial charge is 0.482 e. The first-order chi connectivity index (χ1) is 19.6. The van der Waals surface area contributed by atoms with Gasteiger partial charge in [0, 0.05) is 5.56 Å². The molecule has 0 bridgehead atoms. The minimum Gasteiger partial charge on any atom is -0.482 e. The van der Waals surface area contributed by atoms with Gasteiger partial charge in [-0.3, -0.25) is 4.79 Å². The number of fused-ring (bicyclic) bond motifs is 1. The second-order valence-electron chi connectivity index (χ2n) is 11.3. The zero-order chi connectivity index (χ0) is 28.4. The van der Waals surface area contributed by atoms with Gasteiger partial charge in [0.05, 0.1) is 6.61 Å². The fourth-order valence-electron chi connectivity index (χ4n) is 5.37. The lowest BCUT2D eigenvalue weighted by molar-refractivity contribution is -0.146. The number of hydrogen-bond donors (Lipinski definition) is 0. The highest BCUT2D eigenvalue weighted by Crippen LogP contribution is 2.39. The summed E-state index contributed by atoms with van der Waals surface area (Å²) in [6.07, 6.45) is 21.1. The Balaban J connectivity index is 1.16. The predicted molar refractivity (Wildman–Crippen MR) is 161 cm³/mol. The van der Waals surface area contributed by atoms with Crippen LogP contribution >= 0.6 is 0 Å². The number of aryl methyl sites for hydroxylation is 1. The number of hydrogen-bond acceptors (Lipinski definition) is 5. The van der Waals surface area contributed by atoms with E-state index in [4.69, 9.17) is 14.2 Å². The number of rotatable bonds is 21. The van der Waals surface area contributed by atoms with Gasteiger partial charge < -0.3 is 14.2 Å². The Hall–Kier alpha value is -2.82. The van der Waals surface area contributed by atoms with E-state index in [1.165, 1.54) is 89.9 Å². The summed E-state index contributed by atoms with van der Waals surface area (Å²) < 4.78 is 16.3. The topological polar surface area (TPSA) is 61.8 Å². The zero-order valence-electron chi connectivity index (χ0n) is 24.9. The van der Waals surface area contributed by atoms with Crippen molar-refractivity contribution in [2.75, 3.05) is 13.2 Å². The lowest BCUT2D eigenvalue weighted by Crippen LogP contribution is -2.15. The molecule has 0 saturated carbocycles. The molecule has 0 aromatic heterocycles. The number of carbonyl (C=O) groups is 2. The van der Waals surface area contributed by atoms with Crippen LogP contribution in [0, 0.1) is 6.92 Å². The summed E-state index contributed by atoms with van der Waals surface area (Å²) >= 11 is 0. The lowest BCUT2D eigenvalue weighted by atomic mass is 9.92. The minimum atomic E-state index is -0.436. The van der Waals surface area contributed by atoms with E-state index in [2.05, 4.69) is 6.92 Å². The van der Waals surface area contributed by atoms with E-state index < -0.39 is 5.92 Å². The molecule has 1 aliphatic heterocycles. The fraction of sp³-hybridized carbons (Fsp3) is 0.600. The number of benzene rings is 2. The zero-order valence-corrected chi connectivity index (χ0v) is 24.9. The number of esters is 2. The summed E-state index contributed by atoms with van der Waals surface area (Å²) in [5.41, 5.74) is 2.81. The van der Waals surface area contributed by atoms with Gasteiger partial charge in [0.2, 0.25) is 0 Å². The van der Waals surface area contributed by atoms with E-state index in [1.54, 1.807) is 12.1 Å². The molecule has 0 saturated heterocycles. The van der Waals surface area contributed by atoms with Gasteiger partial charge in [0.15, 0.2) is 6.61 Å². The predicted octanol–water partition coefficient (Wildman–Crippen LogP) is 9.23. The van der Waals surface area contributed by atoms with E-state index in [0.29, 0.717) is 18.1 Å². The van der Waals surface area contributed by atoms with Crippen LogP contribution in [0.5, 0.6) is 11.5 Å². The monoisotopic (exact) mass is 550 g/mol. The first kappa shape index (κ1) is 31.7. The number of ether oxygens (including phenoxy) is 3. The van der Waals surface area contributed by atoms with E-state index in [9.17, 15) is 9.59 Å². The molecule has 2 aromatic carbocycles. The van der Waals surface area contributed by atoms with E-state index in [0.717, 1.165) is 29.5 Å². The molecule has 1 heterocycles.